The summed E-state index contributed by atoms with van der Waals surface area (Å²) in [6, 6.07) is 1.01. The van der Waals surface area contributed by atoms with Crippen LogP contribution in [-0.4, -0.2) is 25.6 Å². The molecule has 2 aromatic heterocycles. The number of aryl methyl sites for hydroxylation is 1. The van der Waals surface area contributed by atoms with Crippen LogP contribution in [0.25, 0.3) is 0 Å². The van der Waals surface area contributed by atoms with Gasteiger partial charge in [-0.3, -0.25) is 20.0 Å². The Bertz CT molecular complexity index is 602. The van der Waals surface area contributed by atoms with E-state index in [1.165, 1.54) is 16.8 Å². The van der Waals surface area contributed by atoms with Crippen molar-refractivity contribution in [3.63, 3.8) is 0 Å². The Labute approximate surface area is 108 Å². The lowest BCUT2D eigenvalue weighted by molar-refractivity contribution is -0.384. The Morgan fingerprint density at radius 3 is 2.89 bits per heavy atom. The molecule has 0 fully saturated rings. The number of aromatic amines is 1. The van der Waals surface area contributed by atoms with E-state index in [4.69, 9.17) is 0 Å². The van der Waals surface area contributed by atoms with Gasteiger partial charge in [-0.2, -0.15) is 5.10 Å². The average molecular weight is 263 g/mol. The van der Waals surface area contributed by atoms with Crippen molar-refractivity contribution in [2.75, 3.05) is 0 Å². The van der Waals surface area contributed by atoms with Gasteiger partial charge in [-0.1, -0.05) is 0 Å². The van der Waals surface area contributed by atoms with Crippen molar-refractivity contribution in [3.8, 4) is 0 Å². The number of carbonyl (C=O) groups is 1. The van der Waals surface area contributed by atoms with Gasteiger partial charge in [-0.15, -0.1) is 0 Å². The first-order valence-electron chi connectivity index (χ1n) is 5.59. The van der Waals surface area contributed by atoms with Crippen LogP contribution in [0.4, 0.5) is 5.69 Å². The minimum atomic E-state index is -0.531. The highest BCUT2D eigenvalue weighted by Gasteiger charge is 2.19. The topological polar surface area (TPSA) is 106 Å². The van der Waals surface area contributed by atoms with Crippen LogP contribution < -0.4 is 5.32 Å². The summed E-state index contributed by atoms with van der Waals surface area (Å²) in [5.41, 5.74) is 0.961. The third-order valence-electron chi connectivity index (χ3n) is 2.80. The maximum absolute atomic E-state index is 12.0. The molecule has 2 rings (SSSR count). The fourth-order valence-electron chi connectivity index (χ4n) is 1.72. The summed E-state index contributed by atoms with van der Waals surface area (Å²) >= 11 is 0. The number of nitrogens with zero attached hydrogens (tertiary/aromatic N) is 3. The number of carbonyl (C=O) groups excluding carboxylic acids is 1. The monoisotopic (exact) mass is 263 g/mol. The second-order valence-electron chi connectivity index (χ2n) is 4.18. The number of hydrogen-bond donors (Lipinski definition) is 2. The van der Waals surface area contributed by atoms with E-state index in [2.05, 4.69) is 15.5 Å². The van der Waals surface area contributed by atoms with E-state index in [9.17, 15) is 14.9 Å². The zero-order valence-corrected chi connectivity index (χ0v) is 10.5. The van der Waals surface area contributed by atoms with Gasteiger partial charge in [-0.05, 0) is 6.92 Å². The molecule has 0 saturated heterocycles. The molecule has 2 heterocycles. The van der Waals surface area contributed by atoms with Crippen LogP contribution in [0.15, 0.2) is 24.7 Å². The van der Waals surface area contributed by atoms with E-state index >= 15 is 0 Å². The van der Waals surface area contributed by atoms with Crippen molar-refractivity contribution in [1.82, 2.24) is 20.1 Å². The van der Waals surface area contributed by atoms with Crippen LogP contribution in [-0.2, 0) is 7.05 Å². The van der Waals surface area contributed by atoms with Crippen LogP contribution in [0.1, 0.15) is 29.0 Å². The summed E-state index contributed by atoms with van der Waals surface area (Å²) in [6.07, 6.45) is 4.59. The molecule has 8 nitrogen and oxygen atoms in total. The number of hydrogen-bond acceptors (Lipinski definition) is 4. The van der Waals surface area contributed by atoms with Gasteiger partial charge in [0, 0.05) is 24.9 Å². The predicted octanol–water partition coefficient (Wildman–Crippen LogP) is 1.15. The van der Waals surface area contributed by atoms with Crippen LogP contribution in [0.3, 0.4) is 0 Å². The van der Waals surface area contributed by atoms with E-state index in [-0.39, 0.29) is 23.3 Å². The highest BCUT2D eigenvalue weighted by Crippen LogP contribution is 2.16. The first kappa shape index (κ1) is 12.8. The molecule has 19 heavy (non-hydrogen) atoms. The van der Waals surface area contributed by atoms with E-state index in [0.717, 1.165) is 5.56 Å². The largest absolute Gasteiger partial charge is 0.344 e. The van der Waals surface area contributed by atoms with Gasteiger partial charge >= 0.3 is 0 Å². The molecule has 0 aliphatic rings. The van der Waals surface area contributed by atoms with Gasteiger partial charge in [0.25, 0.3) is 11.6 Å². The molecule has 1 amide bonds. The van der Waals surface area contributed by atoms with Crippen molar-refractivity contribution >= 4 is 11.6 Å². The van der Waals surface area contributed by atoms with Crippen LogP contribution >= 0.6 is 0 Å². The van der Waals surface area contributed by atoms with Gasteiger partial charge in [0.1, 0.15) is 5.69 Å². The first-order valence-corrected chi connectivity index (χ1v) is 5.59. The minimum Gasteiger partial charge on any atom is -0.344 e. The van der Waals surface area contributed by atoms with Crippen molar-refractivity contribution in [2.24, 2.45) is 7.05 Å². The maximum Gasteiger partial charge on any atom is 0.287 e. The van der Waals surface area contributed by atoms with Crippen LogP contribution in [0.5, 0.6) is 0 Å². The molecule has 8 heteroatoms. The molecule has 2 N–H and O–H groups in total. The number of aromatic nitrogens is 3. The number of amides is 1. The SMILES string of the molecule is CC(NC(=O)c1cc([N+](=O)[O-])cn1C)c1cn[nH]c1. The lowest BCUT2D eigenvalue weighted by Crippen LogP contribution is -2.27. The van der Waals surface area contributed by atoms with Crippen LogP contribution in [0, 0.1) is 10.1 Å². The molecule has 0 aliphatic heterocycles. The second kappa shape index (κ2) is 4.92. The third-order valence-corrected chi connectivity index (χ3v) is 2.80. The summed E-state index contributed by atoms with van der Waals surface area (Å²) in [4.78, 5) is 22.1. The number of H-pyrrole nitrogens is 1. The zero-order valence-electron chi connectivity index (χ0n) is 10.5. The smallest absolute Gasteiger partial charge is 0.287 e. The summed E-state index contributed by atoms with van der Waals surface area (Å²) in [6.45, 7) is 1.81. The highest BCUT2D eigenvalue weighted by atomic mass is 16.6. The minimum absolute atomic E-state index is 0.108. The Balaban J connectivity index is 2.14. The summed E-state index contributed by atoms with van der Waals surface area (Å²) in [7, 11) is 1.59. The predicted molar refractivity (Wildman–Crippen MR) is 66.5 cm³/mol. The number of nitro groups is 1. The molecular weight excluding hydrogens is 250 g/mol. The molecule has 1 unspecified atom stereocenters. The van der Waals surface area contributed by atoms with Crippen molar-refractivity contribution < 1.29 is 9.72 Å². The molecule has 100 valence electrons. The Morgan fingerprint density at radius 1 is 1.63 bits per heavy atom. The van der Waals surface area contributed by atoms with E-state index in [1.807, 2.05) is 0 Å². The average Bonchev–Trinajstić information content (AvgIpc) is 2.97. The summed E-state index contributed by atoms with van der Waals surface area (Å²) in [5.74, 6) is -0.371. The molecule has 0 saturated carbocycles. The lowest BCUT2D eigenvalue weighted by Gasteiger charge is -2.11. The number of rotatable bonds is 4. The normalized spacial score (nSPS) is 12.1. The van der Waals surface area contributed by atoms with E-state index in [0.29, 0.717) is 0 Å². The lowest BCUT2D eigenvalue weighted by atomic mass is 10.2. The van der Waals surface area contributed by atoms with Crippen molar-refractivity contribution in [1.29, 1.82) is 0 Å². The second-order valence-corrected chi connectivity index (χ2v) is 4.18. The molecule has 0 aliphatic carbocycles. The Kier molecular flexibility index (Phi) is 3.32. The third kappa shape index (κ3) is 2.62. The molecular formula is C11H13N5O3. The maximum atomic E-state index is 12.0. The molecule has 0 aromatic carbocycles. The summed E-state index contributed by atoms with van der Waals surface area (Å²) in [5, 5.41) is 19.9. The molecule has 0 bridgehead atoms. The quantitative estimate of drug-likeness (QED) is 0.637. The first-order chi connectivity index (χ1) is 8.99. The van der Waals surface area contributed by atoms with Gasteiger partial charge in [-0.25, -0.2) is 0 Å². The van der Waals surface area contributed by atoms with Crippen LogP contribution in [0.2, 0.25) is 0 Å². The van der Waals surface area contributed by atoms with Gasteiger partial charge in [0.2, 0.25) is 0 Å². The van der Waals surface area contributed by atoms with Gasteiger partial charge < -0.3 is 9.88 Å². The standard InChI is InChI=1S/C11H13N5O3/c1-7(8-4-12-13-5-8)14-11(17)10-3-9(16(18)19)6-15(10)2/h3-7H,1-2H3,(H,12,13)(H,14,17). The number of nitrogens with one attached hydrogen (secondary N) is 2. The summed E-state index contributed by atoms with van der Waals surface area (Å²) < 4.78 is 1.43. The van der Waals surface area contributed by atoms with E-state index in [1.54, 1.807) is 26.4 Å². The zero-order chi connectivity index (χ0) is 14.0. The van der Waals surface area contributed by atoms with Crippen molar-refractivity contribution in [3.05, 3.63) is 46.0 Å². The Hall–Kier alpha value is -2.64. The Morgan fingerprint density at radius 2 is 2.37 bits per heavy atom. The molecule has 0 radical (unpaired) electrons. The molecule has 1 atom stereocenters. The highest BCUT2D eigenvalue weighted by molar-refractivity contribution is 5.93. The fraction of sp³-hybridized carbons (Fsp3) is 0.273. The van der Waals surface area contributed by atoms with Gasteiger partial charge in [0.05, 0.1) is 23.4 Å². The van der Waals surface area contributed by atoms with Gasteiger partial charge in [0.15, 0.2) is 0 Å². The van der Waals surface area contributed by atoms with E-state index < -0.39 is 4.92 Å². The molecule has 0 spiro atoms. The van der Waals surface area contributed by atoms with Crippen molar-refractivity contribution in [2.45, 2.75) is 13.0 Å². The molecule has 2 aromatic rings. The fourth-order valence-corrected chi connectivity index (χ4v) is 1.72.